The van der Waals surface area contributed by atoms with Gasteiger partial charge in [0, 0.05) is 38.1 Å². The normalized spacial score (nSPS) is 14.0. The number of amides is 2. The van der Waals surface area contributed by atoms with Crippen LogP contribution < -0.4 is 15.0 Å². The van der Waals surface area contributed by atoms with Crippen LogP contribution in [-0.2, 0) is 4.79 Å². The highest BCUT2D eigenvalue weighted by atomic mass is 35.5. The molecule has 2 amide bonds. The summed E-state index contributed by atoms with van der Waals surface area (Å²) in [6, 6.07) is 10.2. The monoisotopic (exact) mass is 421 g/mol. The number of hydrogen-bond acceptors (Lipinski definition) is 4. The van der Waals surface area contributed by atoms with Gasteiger partial charge in [-0.2, -0.15) is 0 Å². The van der Waals surface area contributed by atoms with Crippen LogP contribution in [0.15, 0.2) is 36.4 Å². The Balaban J connectivity index is 1.86. The van der Waals surface area contributed by atoms with Crippen LogP contribution in [0.5, 0.6) is 5.75 Å². The molecule has 2 aromatic rings. The first-order valence-corrected chi connectivity index (χ1v) is 9.60. The lowest BCUT2D eigenvalue weighted by atomic mass is 10.1. The number of nitrogens with one attached hydrogen (secondary N) is 1. The molecule has 148 valence electrons. The number of benzene rings is 2. The van der Waals surface area contributed by atoms with Gasteiger partial charge in [-0.15, -0.1) is 0 Å². The number of hydrogen-bond donors (Lipinski definition) is 1. The number of anilines is 2. The second-order valence-corrected chi connectivity index (χ2v) is 7.27. The van der Waals surface area contributed by atoms with Crippen molar-refractivity contribution in [1.82, 2.24) is 4.90 Å². The molecule has 8 heteroatoms. The Morgan fingerprint density at radius 1 is 1.07 bits per heavy atom. The van der Waals surface area contributed by atoms with E-state index in [0.29, 0.717) is 53.2 Å². The first kappa shape index (κ1) is 20.3. The summed E-state index contributed by atoms with van der Waals surface area (Å²) in [6.07, 6.45) is 0. The number of rotatable bonds is 4. The van der Waals surface area contributed by atoms with Crippen molar-refractivity contribution < 1.29 is 14.3 Å². The second-order valence-electron chi connectivity index (χ2n) is 6.43. The fraction of sp³-hybridized carbons (Fsp3) is 0.300. The summed E-state index contributed by atoms with van der Waals surface area (Å²) in [5.41, 5.74) is 1.67. The van der Waals surface area contributed by atoms with Gasteiger partial charge in [-0.3, -0.25) is 9.59 Å². The summed E-state index contributed by atoms with van der Waals surface area (Å²) in [6.45, 7) is 4.04. The van der Waals surface area contributed by atoms with Gasteiger partial charge in [0.1, 0.15) is 5.75 Å². The lowest BCUT2D eigenvalue weighted by Gasteiger charge is -2.37. The quantitative estimate of drug-likeness (QED) is 0.812. The zero-order valence-corrected chi connectivity index (χ0v) is 17.2. The molecular weight excluding hydrogens is 401 g/mol. The third-order valence-corrected chi connectivity index (χ3v) is 5.22. The fourth-order valence-electron chi connectivity index (χ4n) is 3.23. The molecule has 1 saturated heterocycles. The Labute approximate surface area is 174 Å². The number of piperazine rings is 1. The number of carbonyl (C=O) groups excluding carboxylic acids is 2. The molecule has 28 heavy (non-hydrogen) atoms. The summed E-state index contributed by atoms with van der Waals surface area (Å²) >= 11 is 12.5. The number of halogens is 2. The van der Waals surface area contributed by atoms with E-state index in [0.717, 1.165) is 5.69 Å². The molecule has 1 aliphatic rings. The maximum absolute atomic E-state index is 12.9. The van der Waals surface area contributed by atoms with Gasteiger partial charge in [-0.05, 0) is 30.3 Å². The highest BCUT2D eigenvalue weighted by Gasteiger charge is 2.24. The van der Waals surface area contributed by atoms with Gasteiger partial charge < -0.3 is 19.9 Å². The molecule has 3 rings (SSSR count). The molecule has 0 aromatic heterocycles. The summed E-state index contributed by atoms with van der Waals surface area (Å²) < 4.78 is 5.27. The van der Waals surface area contributed by atoms with E-state index in [1.807, 2.05) is 0 Å². The molecule has 1 aliphatic heterocycles. The SMILES string of the molecule is COc1ccc(Cl)cc1C(=O)Nc1cccc(Cl)c1N1CCN(C(C)=O)CC1. The number of methoxy groups -OCH3 is 1. The highest BCUT2D eigenvalue weighted by Crippen LogP contribution is 2.35. The van der Waals surface area contributed by atoms with E-state index in [9.17, 15) is 9.59 Å². The van der Waals surface area contributed by atoms with Crippen molar-refractivity contribution in [3.63, 3.8) is 0 Å². The van der Waals surface area contributed by atoms with Crippen molar-refractivity contribution in [2.45, 2.75) is 6.92 Å². The first-order chi connectivity index (χ1) is 13.4. The van der Waals surface area contributed by atoms with Gasteiger partial charge in [0.25, 0.3) is 5.91 Å². The van der Waals surface area contributed by atoms with Crippen LogP contribution in [0.1, 0.15) is 17.3 Å². The smallest absolute Gasteiger partial charge is 0.259 e. The van der Waals surface area contributed by atoms with Gasteiger partial charge in [0.05, 0.1) is 29.1 Å². The minimum atomic E-state index is -0.342. The predicted molar refractivity (Wildman–Crippen MR) is 112 cm³/mol. The Kier molecular flexibility index (Phi) is 6.31. The van der Waals surface area contributed by atoms with Crippen LogP contribution in [0.3, 0.4) is 0 Å². The van der Waals surface area contributed by atoms with Crippen LogP contribution in [-0.4, -0.2) is 50.0 Å². The molecule has 0 atom stereocenters. The molecule has 1 heterocycles. The fourth-order valence-corrected chi connectivity index (χ4v) is 3.70. The number of carbonyl (C=O) groups is 2. The molecule has 2 aromatic carbocycles. The van der Waals surface area contributed by atoms with Crippen LogP contribution in [0.4, 0.5) is 11.4 Å². The highest BCUT2D eigenvalue weighted by molar-refractivity contribution is 6.34. The average Bonchev–Trinajstić information content (AvgIpc) is 2.68. The molecule has 0 bridgehead atoms. The largest absolute Gasteiger partial charge is 0.496 e. The minimum Gasteiger partial charge on any atom is -0.496 e. The van der Waals surface area contributed by atoms with E-state index < -0.39 is 0 Å². The lowest BCUT2D eigenvalue weighted by Crippen LogP contribution is -2.48. The predicted octanol–water partition coefficient (Wildman–Crippen LogP) is 3.92. The topological polar surface area (TPSA) is 61.9 Å². The molecule has 0 radical (unpaired) electrons. The zero-order chi connectivity index (χ0) is 20.3. The summed E-state index contributed by atoms with van der Waals surface area (Å²) in [5.74, 6) is 0.145. The Morgan fingerprint density at radius 3 is 2.43 bits per heavy atom. The summed E-state index contributed by atoms with van der Waals surface area (Å²) in [5, 5.41) is 3.89. The lowest BCUT2D eigenvalue weighted by molar-refractivity contribution is -0.129. The Hall–Kier alpha value is -2.44. The van der Waals surface area contributed by atoms with E-state index >= 15 is 0 Å². The summed E-state index contributed by atoms with van der Waals surface area (Å²) in [7, 11) is 1.50. The standard InChI is InChI=1S/C20H21Cl2N3O3/c1-13(26)24-8-10-25(11-9-24)19-16(22)4-3-5-17(19)23-20(27)15-12-14(21)6-7-18(15)28-2/h3-7,12H,8-11H2,1-2H3,(H,23,27). The number of para-hydroxylation sites is 1. The third-order valence-electron chi connectivity index (χ3n) is 4.68. The maximum atomic E-state index is 12.9. The van der Waals surface area contributed by atoms with Crippen LogP contribution >= 0.6 is 23.2 Å². The van der Waals surface area contributed by atoms with Crippen LogP contribution in [0.25, 0.3) is 0 Å². The average molecular weight is 422 g/mol. The molecule has 0 aliphatic carbocycles. The van der Waals surface area contributed by atoms with Gasteiger partial charge in [-0.25, -0.2) is 0 Å². The van der Waals surface area contributed by atoms with Crippen molar-refractivity contribution in [2.75, 3.05) is 43.5 Å². The van der Waals surface area contributed by atoms with Crippen molar-refractivity contribution in [3.05, 3.63) is 52.0 Å². The second kappa shape index (κ2) is 8.71. The minimum absolute atomic E-state index is 0.0559. The van der Waals surface area contributed by atoms with Gasteiger partial charge >= 0.3 is 0 Å². The van der Waals surface area contributed by atoms with E-state index in [1.165, 1.54) is 7.11 Å². The third kappa shape index (κ3) is 4.34. The number of nitrogens with zero attached hydrogens (tertiary/aromatic N) is 2. The van der Waals surface area contributed by atoms with E-state index in [-0.39, 0.29) is 11.8 Å². The van der Waals surface area contributed by atoms with Crippen molar-refractivity contribution in [1.29, 1.82) is 0 Å². The molecular formula is C20H21Cl2N3O3. The molecule has 1 N–H and O–H groups in total. The van der Waals surface area contributed by atoms with Gasteiger partial charge in [0.15, 0.2) is 0 Å². The maximum Gasteiger partial charge on any atom is 0.259 e. The van der Waals surface area contributed by atoms with E-state index in [4.69, 9.17) is 27.9 Å². The van der Waals surface area contributed by atoms with E-state index in [1.54, 1.807) is 48.2 Å². The molecule has 6 nitrogen and oxygen atoms in total. The molecule has 1 fully saturated rings. The first-order valence-electron chi connectivity index (χ1n) is 8.84. The van der Waals surface area contributed by atoms with Gasteiger partial charge in [-0.1, -0.05) is 29.3 Å². The molecule has 0 saturated carbocycles. The molecule has 0 spiro atoms. The Bertz CT molecular complexity index is 896. The van der Waals surface area contributed by atoms with E-state index in [2.05, 4.69) is 10.2 Å². The van der Waals surface area contributed by atoms with Gasteiger partial charge in [0.2, 0.25) is 5.91 Å². The van der Waals surface area contributed by atoms with Crippen molar-refractivity contribution >= 4 is 46.4 Å². The van der Waals surface area contributed by atoms with Crippen molar-refractivity contribution in [2.24, 2.45) is 0 Å². The van der Waals surface area contributed by atoms with Crippen molar-refractivity contribution in [3.8, 4) is 5.75 Å². The molecule has 0 unspecified atom stereocenters. The zero-order valence-electron chi connectivity index (χ0n) is 15.7. The van der Waals surface area contributed by atoms with Crippen LogP contribution in [0.2, 0.25) is 10.0 Å². The van der Waals surface area contributed by atoms with Crippen LogP contribution in [0, 0.1) is 0 Å². The summed E-state index contributed by atoms with van der Waals surface area (Å²) in [4.78, 5) is 28.3. The Morgan fingerprint density at radius 2 is 1.79 bits per heavy atom. The number of ether oxygens (including phenoxy) is 1.